The van der Waals surface area contributed by atoms with E-state index < -0.39 is 0 Å². The van der Waals surface area contributed by atoms with Gasteiger partial charge < -0.3 is 19.1 Å². The summed E-state index contributed by atoms with van der Waals surface area (Å²) in [6, 6.07) is 10.3. The Morgan fingerprint density at radius 3 is 2.30 bits per heavy atom. The Kier molecular flexibility index (Phi) is 5.53. The molecule has 1 saturated heterocycles. The first kappa shape index (κ1) is 20.1. The SMILES string of the molecule is CCOc1cc2c(cc1OCC)C1CC(=O)N(c3ccc(OC)cc3)C(=O)N1CC2. The van der Waals surface area contributed by atoms with Crippen LogP contribution in [0.4, 0.5) is 10.5 Å². The second kappa shape index (κ2) is 8.26. The number of amides is 3. The monoisotopic (exact) mass is 410 g/mol. The molecule has 30 heavy (non-hydrogen) atoms. The number of urea groups is 1. The highest BCUT2D eigenvalue weighted by Crippen LogP contribution is 2.42. The molecule has 2 aliphatic heterocycles. The third-order valence-electron chi connectivity index (χ3n) is 5.55. The number of benzene rings is 2. The zero-order chi connectivity index (χ0) is 21.3. The number of hydrogen-bond donors (Lipinski definition) is 0. The van der Waals surface area contributed by atoms with Gasteiger partial charge in [0, 0.05) is 6.54 Å². The van der Waals surface area contributed by atoms with Gasteiger partial charge in [-0.3, -0.25) is 4.79 Å². The molecule has 0 spiro atoms. The van der Waals surface area contributed by atoms with E-state index >= 15 is 0 Å². The number of hydrogen-bond acceptors (Lipinski definition) is 5. The van der Waals surface area contributed by atoms with E-state index in [2.05, 4.69) is 0 Å². The molecule has 1 fully saturated rings. The topological polar surface area (TPSA) is 68.3 Å². The molecule has 0 bridgehead atoms. The molecule has 158 valence electrons. The average molecular weight is 410 g/mol. The van der Waals surface area contributed by atoms with Gasteiger partial charge in [-0.2, -0.15) is 0 Å². The van der Waals surface area contributed by atoms with E-state index in [9.17, 15) is 9.59 Å². The molecular formula is C23H26N2O5. The van der Waals surface area contributed by atoms with Crippen molar-refractivity contribution in [1.82, 2.24) is 4.90 Å². The lowest BCUT2D eigenvalue weighted by Gasteiger charge is -2.43. The van der Waals surface area contributed by atoms with Crippen LogP contribution in [0.1, 0.15) is 37.4 Å². The largest absolute Gasteiger partial charge is 0.497 e. The molecule has 2 aromatic carbocycles. The summed E-state index contributed by atoms with van der Waals surface area (Å²) in [5.41, 5.74) is 2.61. The molecule has 0 radical (unpaired) electrons. The Bertz CT molecular complexity index is 957. The van der Waals surface area contributed by atoms with Crippen molar-refractivity contribution in [3.63, 3.8) is 0 Å². The van der Waals surface area contributed by atoms with Gasteiger partial charge in [0.05, 0.1) is 38.5 Å². The summed E-state index contributed by atoms with van der Waals surface area (Å²) in [5, 5.41) is 0. The number of anilines is 1. The van der Waals surface area contributed by atoms with Gasteiger partial charge in [0.1, 0.15) is 5.75 Å². The predicted molar refractivity (Wildman–Crippen MR) is 112 cm³/mol. The Hall–Kier alpha value is -3.22. The number of methoxy groups -OCH3 is 1. The fraction of sp³-hybridized carbons (Fsp3) is 0.391. The van der Waals surface area contributed by atoms with Gasteiger partial charge in [0.15, 0.2) is 11.5 Å². The van der Waals surface area contributed by atoms with Crippen molar-refractivity contribution in [1.29, 1.82) is 0 Å². The number of rotatable bonds is 6. The van der Waals surface area contributed by atoms with Crippen LogP contribution in [0.2, 0.25) is 0 Å². The summed E-state index contributed by atoms with van der Waals surface area (Å²) in [6.07, 6.45) is 0.930. The van der Waals surface area contributed by atoms with Crippen LogP contribution >= 0.6 is 0 Å². The maximum Gasteiger partial charge on any atom is 0.331 e. The number of carbonyl (C=O) groups excluding carboxylic acids is 2. The summed E-state index contributed by atoms with van der Waals surface area (Å²) in [7, 11) is 1.58. The van der Waals surface area contributed by atoms with Gasteiger partial charge in [-0.1, -0.05) is 0 Å². The van der Waals surface area contributed by atoms with Crippen molar-refractivity contribution in [3.05, 3.63) is 47.5 Å². The molecule has 1 atom stereocenters. The van der Waals surface area contributed by atoms with Crippen molar-refractivity contribution < 1.29 is 23.8 Å². The van der Waals surface area contributed by atoms with Gasteiger partial charge in [0.2, 0.25) is 5.91 Å². The van der Waals surface area contributed by atoms with Gasteiger partial charge >= 0.3 is 6.03 Å². The van der Waals surface area contributed by atoms with Crippen molar-refractivity contribution in [2.75, 3.05) is 31.8 Å². The van der Waals surface area contributed by atoms with Crippen LogP contribution in [0, 0.1) is 0 Å². The lowest BCUT2D eigenvalue weighted by molar-refractivity contribution is -0.120. The van der Waals surface area contributed by atoms with Gasteiger partial charge in [-0.05, 0) is 67.8 Å². The molecule has 3 amide bonds. The lowest BCUT2D eigenvalue weighted by atomic mass is 9.88. The third-order valence-corrected chi connectivity index (χ3v) is 5.55. The first-order chi connectivity index (χ1) is 14.6. The Labute approximate surface area is 176 Å². The number of carbonyl (C=O) groups is 2. The molecule has 0 aliphatic carbocycles. The minimum atomic E-state index is -0.293. The summed E-state index contributed by atoms with van der Waals surface area (Å²) >= 11 is 0. The zero-order valence-corrected chi connectivity index (χ0v) is 17.5. The summed E-state index contributed by atoms with van der Waals surface area (Å²) in [6.45, 7) is 5.46. The highest BCUT2D eigenvalue weighted by Gasteiger charge is 2.43. The Morgan fingerprint density at radius 1 is 1.00 bits per heavy atom. The number of ether oxygens (including phenoxy) is 3. The van der Waals surface area contributed by atoms with Crippen LogP contribution in [-0.2, 0) is 11.2 Å². The molecule has 1 unspecified atom stereocenters. The molecule has 2 aromatic rings. The van der Waals surface area contributed by atoms with Crippen LogP contribution in [0.5, 0.6) is 17.2 Å². The second-order valence-electron chi connectivity index (χ2n) is 7.24. The van der Waals surface area contributed by atoms with Gasteiger partial charge in [0.25, 0.3) is 0 Å². The highest BCUT2D eigenvalue weighted by atomic mass is 16.5. The Morgan fingerprint density at radius 2 is 1.67 bits per heavy atom. The summed E-state index contributed by atoms with van der Waals surface area (Å²) in [5.74, 6) is 1.82. The quantitative estimate of drug-likeness (QED) is 0.721. The van der Waals surface area contributed by atoms with E-state index in [4.69, 9.17) is 14.2 Å². The maximum absolute atomic E-state index is 13.3. The minimum Gasteiger partial charge on any atom is -0.497 e. The standard InChI is InChI=1S/C23H26N2O5/c1-4-29-20-12-15-10-11-24-19(18(15)13-21(20)30-5-2)14-22(26)25(23(24)27)16-6-8-17(28-3)9-7-16/h6-9,12-13,19H,4-5,10-11,14H2,1-3H3. The molecule has 2 heterocycles. The van der Waals surface area contributed by atoms with Crippen molar-refractivity contribution in [3.8, 4) is 17.2 Å². The molecule has 2 aliphatic rings. The van der Waals surface area contributed by atoms with E-state index in [1.165, 1.54) is 4.90 Å². The smallest absolute Gasteiger partial charge is 0.331 e. The highest BCUT2D eigenvalue weighted by molar-refractivity contribution is 6.16. The van der Waals surface area contributed by atoms with Crippen molar-refractivity contribution in [2.24, 2.45) is 0 Å². The zero-order valence-electron chi connectivity index (χ0n) is 17.5. The molecule has 0 saturated carbocycles. The van der Waals surface area contributed by atoms with Gasteiger partial charge in [-0.25, -0.2) is 9.69 Å². The fourth-order valence-corrected chi connectivity index (χ4v) is 4.17. The predicted octanol–water partition coefficient (Wildman–Crippen LogP) is 3.95. The average Bonchev–Trinajstić information content (AvgIpc) is 2.75. The van der Waals surface area contributed by atoms with E-state index in [0.717, 1.165) is 11.1 Å². The Balaban J connectivity index is 1.67. The van der Waals surface area contributed by atoms with Crippen LogP contribution in [0.3, 0.4) is 0 Å². The first-order valence-electron chi connectivity index (χ1n) is 10.3. The lowest BCUT2D eigenvalue weighted by Crippen LogP contribution is -2.55. The fourth-order valence-electron chi connectivity index (χ4n) is 4.17. The van der Waals surface area contributed by atoms with E-state index in [1.54, 1.807) is 36.3 Å². The van der Waals surface area contributed by atoms with Crippen LogP contribution in [0.15, 0.2) is 36.4 Å². The summed E-state index contributed by atoms with van der Waals surface area (Å²) in [4.78, 5) is 29.3. The molecule has 7 nitrogen and oxygen atoms in total. The molecule has 0 N–H and O–H groups in total. The number of imide groups is 1. The molecule has 0 aromatic heterocycles. The first-order valence-corrected chi connectivity index (χ1v) is 10.3. The van der Waals surface area contributed by atoms with Crippen molar-refractivity contribution >= 4 is 17.6 Å². The number of fused-ring (bicyclic) bond motifs is 3. The van der Waals surface area contributed by atoms with Crippen LogP contribution in [0.25, 0.3) is 0 Å². The van der Waals surface area contributed by atoms with Crippen LogP contribution in [-0.4, -0.2) is 43.7 Å². The van der Waals surface area contributed by atoms with Crippen molar-refractivity contribution in [2.45, 2.75) is 32.7 Å². The minimum absolute atomic E-state index is 0.217. The van der Waals surface area contributed by atoms with E-state index in [0.29, 0.717) is 49.1 Å². The van der Waals surface area contributed by atoms with Gasteiger partial charge in [-0.15, -0.1) is 0 Å². The van der Waals surface area contributed by atoms with E-state index in [-0.39, 0.29) is 24.4 Å². The van der Waals surface area contributed by atoms with E-state index in [1.807, 2.05) is 26.0 Å². The molecule has 7 heteroatoms. The van der Waals surface area contributed by atoms with Crippen LogP contribution < -0.4 is 19.1 Å². The summed E-state index contributed by atoms with van der Waals surface area (Å²) < 4.78 is 16.7. The molecule has 4 rings (SSSR count). The molecular weight excluding hydrogens is 384 g/mol. The normalized spacial score (nSPS) is 18.0. The number of nitrogens with zero attached hydrogens (tertiary/aromatic N) is 2. The maximum atomic E-state index is 13.3. The second-order valence-corrected chi connectivity index (χ2v) is 7.24. The third kappa shape index (κ3) is 3.44.